The van der Waals surface area contributed by atoms with Gasteiger partial charge in [0, 0.05) is 11.9 Å². The third-order valence-corrected chi connectivity index (χ3v) is 4.54. The van der Waals surface area contributed by atoms with E-state index in [2.05, 4.69) is 4.72 Å². The minimum absolute atomic E-state index is 0.0378. The molecule has 0 aliphatic rings. The lowest BCUT2D eigenvalue weighted by Crippen LogP contribution is -2.39. The molecule has 2 unspecified atom stereocenters. The second kappa shape index (κ2) is 6.22. The Bertz CT molecular complexity index is 296. The van der Waals surface area contributed by atoms with Crippen molar-refractivity contribution in [3.63, 3.8) is 0 Å². The van der Waals surface area contributed by atoms with Gasteiger partial charge in [-0.05, 0) is 24.7 Å². The van der Waals surface area contributed by atoms with Gasteiger partial charge in [0.2, 0.25) is 10.0 Å². The minimum Gasteiger partial charge on any atom is -0.212 e. The van der Waals surface area contributed by atoms with E-state index in [4.69, 9.17) is 11.6 Å². The third kappa shape index (κ3) is 7.47. The van der Waals surface area contributed by atoms with Gasteiger partial charge in [-0.3, -0.25) is 0 Å². The molecule has 2 atom stereocenters. The zero-order chi connectivity index (χ0) is 13.0. The second-order valence-electron chi connectivity index (χ2n) is 5.67. The zero-order valence-electron chi connectivity index (χ0n) is 10.9. The fraction of sp³-hybridized carbons (Fsp3) is 1.00. The van der Waals surface area contributed by atoms with E-state index in [1.807, 2.05) is 34.6 Å². The van der Waals surface area contributed by atoms with Gasteiger partial charge >= 0.3 is 0 Å². The first-order chi connectivity index (χ1) is 7.07. The summed E-state index contributed by atoms with van der Waals surface area (Å²) in [6.45, 7) is 9.89. The molecule has 0 aromatic heterocycles. The van der Waals surface area contributed by atoms with Crippen molar-refractivity contribution in [3.8, 4) is 0 Å². The molecule has 0 amide bonds. The van der Waals surface area contributed by atoms with Crippen LogP contribution < -0.4 is 4.72 Å². The Labute approximate surface area is 105 Å². The van der Waals surface area contributed by atoms with E-state index in [1.165, 1.54) is 0 Å². The van der Waals surface area contributed by atoms with Crippen molar-refractivity contribution >= 4 is 21.6 Å². The van der Waals surface area contributed by atoms with Crippen molar-refractivity contribution in [3.05, 3.63) is 0 Å². The lowest BCUT2D eigenvalue weighted by atomic mass is 9.94. The summed E-state index contributed by atoms with van der Waals surface area (Å²) in [7, 11) is -3.18. The van der Waals surface area contributed by atoms with E-state index < -0.39 is 10.0 Å². The molecule has 5 heteroatoms. The molecule has 16 heavy (non-hydrogen) atoms. The number of rotatable bonds is 6. The van der Waals surface area contributed by atoms with Gasteiger partial charge in [-0.15, -0.1) is 11.6 Å². The van der Waals surface area contributed by atoms with Gasteiger partial charge in [0.05, 0.1) is 5.75 Å². The number of hydrogen-bond acceptors (Lipinski definition) is 2. The molecule has 0 aliphatic heterocycles. The zero-order valence-corrected chi connectivity index (χ0v) is 12.5. The molecule has 0 fully saturated rings. The van der Waals surface area contributed by atoms with Crippen LogP contribution in [0.25, 0.3) is 0 Å². The molecule has 0 aliphatic carbocycles. The van der Waals surface area contributed by atoms with Crippen LogP contribution in [0.2, 0.25) is 0 Å². The molecule has 0 saturated carbocycles. The molecule has 0 saturated heterocycles. The van der Waals surface area contributed by atoms with Crippen molar-refractivity contribution in [1.29, 1.82) is 0 Å². The lowest BCUT2D eigenvalue weighted by Gasteiger charge is -2.21. The second-order valence-corrected chi connectivity index (χ2v) is 7.85. The van der Waals surface area contributed by atoms with Gasteiger partial charge in [-0.1, -0.05) is 27.7 Å². The first-order valence-electron chi connectivity index (χ1n) is 5.63. The van der Waals surface area contributed by atoms with Crippen LogP contribution in [-0.2, 0) is 10.0 Å². The molecule has 0 radical (unpaired) electrons. The SMILES string of the molecule is CC(CCl)C(C)NS(=O)(=O)CCC(C)(C)C. The summed E-state index contributed by atoms with van der Waals surface area (Å²) in [4.78, 5) is 0. The molecule has 0 aromatic rings. The summed E-state index contributed by atoms with van der Waals surface area (Å²) in [5.41, 5.74) is 0.0378. The van der Waals surface area contributed by atoms with Crippen molar-refractivity contribution < 1.29 is 8.42 Å². The molecule has 3 nitrogen and oxygen atoms in total. The van der Waals surface area contributed by atoms with E-state index >= 15 is 0 Å². The number of sulfonamides is 1. The Morgan fingerprint density at radius 2 is 1.75 bits per heavy atom. The molecular formula is C11H24ClNO2S. The summed E-state index contributed by atoms with van der Waals surface area (Å²) in [6, 6.07) is -0.109. The van der Waals surface area contributed by atoms with Crippen LogP contribution in [0.5, 0.6) is 0 Å². The van der Waals surface area contributed by atoms with Gasteiger partial charge in [0.25, 0.3) is 0 Å². The quantitative estimate of drug-likeness (QED) is 0.754. The summed E-state index contributed by atoms with van der Waals surface area (Å²) in [5, 5.41) is 0. The fourth-order valence-electron chi connectivity index (χ4n) is 1.03. The predicted molar refractivity (Wildman–Crippen MR) is 70.3 cm³/mol. The minimum atomic E-state index is -3.18. The van der Waals surface area contributed by atoms with E-state index in [-0.39, 0.29) is 23.1 Å². The summed E-state index contributed by atoms with van der Waals surface area (Å²) in [5.74, 6) is 0.782. The van der Waals surface area contributed by atoms with Gasteiger partial charge in [0.15, 0.2) is 0 Å². The van der Waals surface area contributed by atoms with E-state index in [9.17, 15) is 8.42 Å². The van der Waals surface area contributed by atoms with Crippen molar-refractivity contribution in [1.82, 2.24) is 4.72 Å². The first-order valence-corrected chi connectivity index (χ1v) is 7.82. The van der Waals surface area contributed by atoms with E-state index in [0.29, 0.717) is 12.3 Å². The highest BCUT2D eigenvalue weighted by Crippen LogP contribution is 2.19. The Kier molecular flexibility index (Phi) is 6.30. The third-order valence-electron chi connectivity index (χ3n) is 2.58. The summed E-state index contributed by atoms with van der Waals surface area (Å²) < 4.78 is 26.2. The fourth-order valence-corrected chi connectivity index (χ4v) is 3.10. The van der Waals surface area contributed by atoms with E-state index in [0.717, 1.165) is 0 Å². The maximum atomic E-state index is 11.8. The van der Waals surface area contributed by atoms with Crippen LogP contribution >= 0.6 is 11.6 Å². The standard InChI is InChI=1S/C11H24ClNO2S/c1-9(8-12)10(2)13-16(14,15)7-6-11(3,4)5/h9-10,13H,6-8H2,1-5H3. The van der Waals surface area contributed by atoms with Gasteiger partial charge in [-0.25, -0.2) is 13.1 Å². The van der Waals surface area contributed by atoms with Gasteiger partial charge in [0.1, 0.15) is 0 Å². The highest BCUT2D eigenvalue weighted by Gasteiger charge is 2.21. The molecule has 0 rings (SSSR count). The first kappa shape index (κ1) is 16.2. The van der Waals surface area contributed by atoms with Gasteiger partial charge in [-0.2, -0.15) is 0 Å². The van der Waals surface area contributed by atoms with Crippen molar-refractivity contribution in [2.45, 2.75) is 47.1 Å². The average molecular weight is 270 g/mol. The molecule has 1 N–H and O–H groups in total. The highest BCUT2D eigenvalue weighted by atomic mass is 35.5. The number of hydrogen-bond donors (Lipinski definition) is 1. The molecule has 0 spiro atoms. The maximum Gasteiger partial charge on any atom is 0.211 e. The normalized spacial score (nSPS) is 17.1. The Hall–Kier alpha value is 0.200. The maximum absolute atomic E-state index is 11.8. The highest BCUT2D eigenvalue weighted by molar-refractivity contribution is 7.89. The van der Waals surface area contributed by atoms with Gasteiger partial charge < -0.3 is 0 Å². The topological polar surface area (TPSA) is 46.2 Å². The Balaban J connectivity index is 4.26. The van der Waals surface area contributed by atoms with Crippen LogP contribution in [-0.4, -0.2) is 26.1 Å². The Morgan fingerprint density at radius 1 is 1.25 bits per heavy atom. The van der Waals surface area contributed by atoms with E-state index in [1.54, 1.807) is 0 Å². The monoisotopic (exact) mass is 269 g/mol. The summed E-state index contributed by atoms with van der Waals surface area (Å²) in [6.07, 6.45) is 0.657. The van der Waals surface area contributed by atoms with Crippen molar-refractivity contribution in [2.24, 2.45) is 11.3 Å². The Morgan fingerprint density at radius 3 is 2.12 bits per heavy atom. The summed E-state index contributed by atoms with van der Waals surface area (Å²) >= 11 is 5.69. The number of halogens is 1. The average Bonchev–Trinajstić information content (AvgIpc) is 2.12. The van der Waals surface area contributed by atoms with Crippen LogP contribution in [0.1, 0.15) is 41.0 Å². The molecule has 0 aromatic carbocycles. The predicted octanol–water partition coefficient (Wildman–Crippen LogP) is 2.61. The molecule has 0 heterocycles. The van der Waals surface area contributed by atoms with Crippen LogP contribution in [0.15, 0.2) is 0 Å². The molecule has 98 valence electrons. The largest absolute Gasteiger partial charge is 0.212 e. The van der Waals surface area contributed by atoms with Crippen LogP contribution in [0.4, 0.5) is 0 Å². The number of nitrogens with one attached hydrogen (secondary N) is 1. The number of alkyl halides is 1. The smallest absolute Gasteiger partial charge is 0.211 e. The molecule has 0 bridgehead atoms. The molecular weight excluding hydrogens is 246 g/mol. The van der Waals surface area contributed by atoms with Crippen LogP contribution in [0.3, 0.4) is 0 Å². The van der Waals surface area contributed by atoms with Crippen molar-refractivity contribution in [2.75, 3.05) is 11.6 Å². The lowest BCUT2D eigenvalue weighted by molar-refractivity contribution is 0.394. The van der Waals surface area contributed by atoms with Crippen LogP contribution in [0, 0.1) is 11.3 Å².